The average molecular weight is 509 g/mol. The van der Waals surface area contributed by atoms with E-state index in [0.717, 1.165) is 0 Å². The zero-order valence-corrected chi connectivity index (χ0v) is 20.0. The molecule has 3 rings (SSSR count). The summed E-state index contributed by atoms with van der Waals surface area (Å²) in [4.78, 5) is 38.0. The van der Waals surface area contributed by atoms with Gasteiger partial charge in [-0.15, -0.1) is 0 Å². The lowest BCUT2D eigenvalue weighted by Gasteiger charge is -2.30. The van der Waals surface area contributed by atoms with Crippen LogP contribution in [0.2, 0.25) is 5.02 Å². The summed E-state index contributed by atoms with van der Waals surface area (Å²) in [5.41, 5.74) is 0.381. The predicted octanol–water partition coefficient (Wildman–Crippen LogP) is 3.15. The van der Waals surface area contributed by atoms with Gasteiger partial charge in [-0.1, -0.05) is 11.6 Å². The van der Waals surface area contributed by atoms with Gasteiger partial charge in [0.2, 0.25) is 0 Å². The molecule has 3 atom stereocenters. The number of carbonyl (C=O) groups excluding carboxylic acids is 2. The molecule has 0 radical (unpaired) electrons. The molecule has 1 fully saturated rings. The lowest BCUT2D eigenvalue weighted by atomic mass is 9.89. The number of rotatable bonds is 9. The molecule has 182 valence electrons. The normalized spacial score (nSPS) is 18.7. The highest BCUT2D eigenvalue weighted by Gasteiger charge is 2.36. The van der Waals surface area contributed by atoms with E-state index in [1.165, 1.54) is 36.1 Å². The van der Waals surface area contributed by atoms with Crippen molar-refractivity contribution in [2.45, 2.75) is 31.9 Å². The van der Waals surface area contributed by atoms with Crippen LogP contribution < -0.4 is 0 Å². The van der Waals surface area contributed by atoms with Crippen molar-refractivity contribution in [2.75, 3.05) is 18.1 Å². The standard InChI is InChI=1S/C23H25ClN2O7S/c1-15(27)21(22(28)16-4-8-19(9-5-16)26(30)31)10-12-25(20-11-13-34(32,33)14-20)23(29)17-2-6-18(24)7-3-17/h2-9,15,20-21,27H,10-14H2,1H3. The van der Waals surface area contributed by atoms with Gasteiger partial charge in [-0.3, -0.25) is 19.7 Å². The predicted molar refractivity (Wildman–Crippen MR) is 127 cm³/mol. The van der Waals surface area contributed by atoms with Gasteiger partial charge in [0.1, 0.15) is 0 Å². The van der Waals surface area contributed by atoms with Crippen LogP contribution in [-0.4, -0.2) is 65.2 Å². The number of nitro benzene ring substituents is 1. The lowest BCUT2D eigenvalue weighted by Crippen LogP contribution is -2.43. The molecule has 1 heterocycles. The summed E-state index contributed by atoms with van der Waals surface area (Å²) in [6, 6.07) is 10.8. The summed E-state index contributed by atoms with van der Waals surface area (Å²) < 4.78 is 24.1. The van der Waals surface area contributed by atoms with Crippen molar-refractivity contribution in [1.29, 1.82) is 0 Å². The van der Waals surface area contributed by atoms with Gasteiger partial charge in [-0.2, -0.15) is 0 Å². The third-order valence-corrected chi connectivity index (χ3v) is 7.97. The maximum Gasteiger partial charge on any atom is 0.269 e. The molecular formula is C23H25ClN2O7S. The number of amides is 1. The molecule has 3 unspecified atom stereocenters. The molecule has 11 heteroatoms. The number of benzene rings is 2. The van der Waals surface area contributed by atoms with Crippen LogP contribution in [0.1, 0.15) is 40.5 Å². The largest absolute Gasteiger partial charge is 0.393 e. The van der Waals surface area contributed by atoms with Crippen molar-refractivity contribution in [2.24, 2.45) is 5.92 Å². The van der Waals surface area contributed by atoms with E-state index < -0.39 is 38.6 Å². The summed E-state index contributed by atoms with van der Waals surface area (Å²) in [5, 5.41) is 21.6. The number of hydrogen-bond donors (Lipinski definition) is 1. The van der Waals surface area contributed by atoms with E-state index in [1.54, 1.807) is 24.3 Å². The van der Waals surface area contributed by atoms with Crippen molar-refractivity contribution >= 4 is 38.8 Å². The van der Waals surface area contributed by atoms with Crippen LogP contribution in [0.15, 0.2) is 48.5 Å². The Bertz CT molecular complexity index is 1160. The van der Waals surface area contributed by atoms with Crippen LogP contribution in [0.25, 0.3) is 0 Å². The van der Waals surface area contributed by atoms with Gasteiger partial charge >= 0.3 is 0 Å². The van der Waals surface area contributed by atoms with E-state index in [9.17, 15) is 33.2 Å². The van der Waals surface area contributed by atoms with Gasteiger partial charge in [-0.05, 0) is 56.2 Å². The van der Waals surface area contributed by atoms with Gasteiger partial charge < -0.3 is 10.0 Å². The number of non-ortho nitro benzene ring substituents is 1. The molecule has 0 aromatic heterocycles. The average Bonchev–Trinajstić information content (AvgIpc) is 3.15. The van der Waals surface area contributed by atoms with Crippen molar-refractivity contribution in [3.05, 3.63) is 74.8 Å². The number of nitrogens with zero attached hydrogens (tertiary/aromatic N) is 2. The Hall–Kier alpha value is -2.82. The summed E-state index contributed by atoms with van der Waals surface area (Å²) >= 11 is 5.91. The zero-order valence-electron chi connectivity index (χ0n) is 18.5. The van der Waals surface area contributed by atoms with Crippen molar-refractivity contribution in [3.8, 4) is 0 Å². The van der Waals surface area contributed by atoms with Gasteiger partial charge in [0, 0.05) is 46.8 Å². The SMILES string of the molecule is CC(O)C(CCN(C(=O)c1ccc(Cl)cc1)C1CCS(=O)(=O)C1)C(=O)c1ccc([N+](=O)[O-])cc1. The second kappa shape index (κ2) is 10.6. The van der Waals surface area contributed by atoms with Crippen LogP contribution in [0, 0.1) is 16.0 Å². The molecule has 1 aliphatic rings. The number of halogens is 1. The van der Waals surface area contributed by atoms with E-state index >= 15 is 0 Å². The molecule has 1 N–H and O–H groups in total. The van der Waals surface area contributed by atoms with E-state index in [1.807, 2.05) is 0 Å². The van der Waals surface area contributed by atoms with E-state index in [0.29, 0.717) is 10.6 Å². The monoisotopic (exact) mass is 508 g/mol. The number of nitro groups is 1. The minimum atomic E-state index is -3.27. The van der Waals surface area contributed by atoms with E-state index in [2.05, 4.69) is 0 Å². The molecule has 0 spiro atoms. The van der Waals surface area contributed by atoms with Crippen LogP contribution in [-0.2, 0) is 9.84 Å². The zero-order chi connectivity index (χ0) is 25.0. The fraction of sp³-hybridized carbons (Fsp3) is 0.391. The first-order valence-electron chi connectivity index (χ1n) is 10.7. The summed E-state index contributed by atoms with van der Waals surface area (Å²) in [5.74, 6) is -1.88. The van der Waals surface area contributed by atoms with Gasteiger partial charge in [0.05, 0.1) is 22.5 Å². The number of sulfone groups is 1. The molecule has 1 saturated heterocycles. The Balaban J connectivity index is 1.82. The fourth-order valence-corrected chi connectivity index (χ4v) is 5.92. The van der Waals surface area contributed by atoms with Gasteiger partial charge in [-0.25, -0.2) is 8.42 Å². The Morgan fingerprint density at radius 1 is 1.15 bits per heavy atom. The number of Topliss-reactive ketones (excluding diaryl/α,β-unsaturated/α-hetero) is 1. The second-order valence-corrected chi connectivity index (χ2v) is 11.0. The molecule has 2 aromatic carbocycles. The maximum atomic E-state index is 13.3. The number of carbonyl (C=O) groups is 2. The topological polar surface area (TPSA) is 135 Å². The fourth-order valence-electron chi connectivity index (χ4n) is 4.06. The second-order valence-electron chi connectivity index (χ2n) is 8.37. The summed E-state index contributed by atoms with van der Waals surface area (Å²) in [7, 11) is -3.27. The Morgan fingerprint density at radius 3 is 2.24 bits per heavy atom. The van der Waals surface area contributed by atoms with Crippen LogP contribution in [0.3, 0.4) is 0 Å². The molecule has 34 heavy (non-hydrogen) atoms. The number of aliphatic hydroxyl groups is 1. The molecular weight excluding hydrogens is 484 g/mol. The first-order valence-corrected chi connectivity index (χ1v) is 12.9. The molecule has 1 aliphatic heterocycles. The number of hydrogen-bond acceptors (Lipinski definition) is 7. The highest BCUT2D eigenvalue weighted by atomic mass is 35.5. The Morgan fingerprint density at radius 2 is 1.74 bits per heavy atom. The minimum absolute atomic E-state index is 0.0242. The quantitative estimate of drug-likeness (QED) is 0.312. The smallest absolute Gasteiger partial charge is 0.269 e. The maximum absolute atomic E-state index is 13.3. The van der Waals surface area contributed by atoms with Crippen molar-refractivity contribution < 1.29 is 28.0 Å². The Labute approximate surface area is 202 Å². The third-order valence-electron chi connectivity index (χ3n) is 5.96. The number of ketones is 1. The molecule has 2 aromatic rings. The molecule has 0 bridgehead atoms. The molecule has 0 saturated carbocycles. The first-order chi connectivity index (χ1) is 16.0. The highest BCUT2D eigenvalue weighted by molar-refractivity contribution is 7.91. The van der Waals surface area contributed by atoms with Crippen molar-refractivity contribution in [3.63, 3.8) is 0 Å². The molecule has 9 nitrogen and oxygen atoms in total. The lowest BCUT2D eigenvalue weighted by molar-refractivity contribution is -0.384. The Kier molecular flexibility index (Phi) is 8.06. The minimum Gasteiger partial charge on any atom is -0.393 e. The summed E-state index contributed by atoms with van der Waals surface area (Å²) in [6.45, 7) is 1.51. The van der Waals surface area contributed by atoms with E-state index in [-0.39, 0.29) is 48.1 Å². The molecule has 0 aliphatic carbocycles. The highest BCUT2D eigenvalue weighted by Crippen LogP contribution is 2.25. The van der Waals surface area contributed by atoms with Crippen LogP contribution >= 0.6 is 11.6 Å². The number of aliphatic hydroxyl groups excluding tert-OH is 1. The first kappa shape index (κ1) is 25.8. The van der Waals surface area contributed by atoms with E-state index in [4.69, 9.17) is 11.6 Å². The van der Waals surface area contributed by atoms with Crippen LogP contribution in [0.5, 0.6) is 0 Å². The van der Waals surface area contributed by atoms with Gasteiger partial charge in [0.25, 0.3) is 11.6 Å². The van der Waals surface area contributed by atoms with Crippen LogP contribution in [0.4, 0.5) is 5.69 Å². The third kappa shape index (κ3) is 6.19. The summed E-state index contributed by atoms with van der Waals surface area (Å²) in [6.07, 6.45) is -0.678. The van der Waals surface area contributed by atoms with Crippen molar-refractivity contribution in [1.82, 2.24) is 4.90 Å². The van der Waals surface area contributed by atoms with Gasteiger partial charge in [0.15, 0.2) is 15.6 Å². The molecule has 1 amide bonds.